The van der Waals surface area contributed by atoms with Crippen LogP contribution in [0.5, 0.6) is 0 Å². The molecule has 0 saturated heterocycles. The standard InChI is InChI=1S/C25H28F4N2O2S/c1-24(2,3)15-31-14-17(10-11-30-34(32,33)19-6-7-19)21-8-4-16(12-23(21)31)20-9-5-18(26)13-22(20)25(27,28)29/h4-5,8-9,12-14,19,30H,6-7,10-11,15H2,1-3H3. The van der Waals surface area contributed by atoms with Crippen LogP contribution in [0.4, 0.5) is 17.6 Å². The molecule has 0 amide bonds. The molecule has 0 radical (unpaired) electrons. The van der Waals surface area contributed by atoms with Gasteiger partial charge in [0.15, 0.2) is 0 Å². The van der Waals surface area contributed by atoms with Crippen LogP contribution < -0.4 is 4.72 Å². The van der Waals surface area contributed by atoms with Crippen molar-refractivity contribution in [3.8, 4) is 11.1 Å². The Morgan fingerprint density at radius 3 is 2.38 bits per heavy atom. The fourth-order valence-electron chi connectivity index (χ4n) is 4.20. The molecule has 34 heavy (non-hydrogen) atoms. The smallest absolute Gasteiger partial charge is 0.347 e. The Morgan fingerprint density at radius 1 is 1.06 bits per heavy atom. The zero-order chi connectivity index (χ0) is 24.9. The van der Waals surface area contributed by atoms with Crippen molar-refractivity contribution < 1.29 is 26.0 Å². The summed E-state index contributed by atoms with van der Waals surface area (Å²) in [5, 5.41) is 0.560. The summed E-state index contributed by atoms with van der Waals surface area (Å²) in [5.74, 6) is -0.941. The number of benzene rings is 2. The van der Waals surface area contributed by atoms with Gasteiger partial charge < -0.3 is 4.57 Å². The third kappa shape index (κ3) is 5.46. The highest BCUT2D eigenvalue weighted by Gasteiger charge is 2.35. The third-order valence-corrected chi connectivity index (χ3v) is 7.82. The Hall–Kier alpha value is -2.39. The average molecular weight is 497 g/mol. The normalized spacial score (nSPS) is 15.3. The zero-order valence-corrected chi connectivity index (χ0v) is 20.2. The van der Waals surface area contributed by atoms with Gasteiger partial charge in [-0.3, -0.25) is 0 Å². The van der Waals surface area contributed by atoms with Crippen LogP contribution in [-0.2, 0) is 29.2 Å². The SMILES string of the molecule is CC(C)(C)Cn1cc(CCNS(=O)(=O)C2CC2)c2ccc(-c3ccc(F)cc3C(F)(F)F)cc21. The summed E-state index contributed by atoms with van der Waals surface area (Å²) >= 11 is 0. The van der Waals surface area contributed by atoms with Crippen molar-refractivity contribution in [3.63, 3.8) is 0 Å². The van der Waals surface area contributed by atoms with E-state index in [0.717, 1.165) is 28.6 Å². The van der Waals surface area contributed by atoms with Crippen LogP contribution in [0.3, 0.4) is 0 Å². The number of hydrogen-bond acceptors (Lipinski definition) is 2. The molecule has 2 aromatic carbocycles. The Balaban J connectivity index is 1.73. The van der Waals surface area contributed by atoms with E-state index in [1.165, 1.54) is 0 Å². The van der Waals surface area contributed by atoms with Gasteiger partial charge in [0.2, 0.25) is 10.0 Å². The lowest BCUT2D eigenvalue weighted by Gasteiger charge is -2.20. The fraction of sp³-hybridized carbons (Fsp3) is 0.440. The summed E-state index contributed by atoms with van der Waals surface area (Å²) in [4.78, 5) is 0. The number of rotatable bonds is 7. The molecule has 1 aliphatic carbocycles. The molecule has 9 heteroatoms. The number of halogens is 4. The van der Waals surface area contributed by atoms with Crippen molar-refractivity contribution in [1.29, 1.82) is 0 Å². The van der Waals surface area contributed by atoms with E-state index < -0.39 is 27.6 Å². The molecule has 0 atom stereocenters. The van der Waals surface area contributed by atoms with Crippen LogP contribution in [0, 0.1) is 11.2 Å². The lowest BCUT2D eigenvalue weighted by atomic mass is 9.96. The minimum atomic E-state index is -4.69. The molecule has 4 nitrogen and oxygen atoms in total. The van der Waals surface area contributed by atoms with Gasteiger partial charge in [-0.15, -0.1) is 0 Å². The monoisotopic (exact) mass is 496 g/mol. The van der Waals surface area contributed by atoms with Crippen LogP contribution in [0.25, 0.3) is 22.0 Å². The number of alkyl halides is 3. The zero-order valence-electron chi connectivity index (χ0n) is 19.3. The molecule has 0 bridgehead atoms. The van der Waals surface area contributed by atoms with Crippen LogP contribution in [-0.4, -0.2) is 24.8 Å². The molecule has 1 aliphatic rings. The predicted molar refractivity (Wildman–Crippen MR) is 125 cm³/mol. The number of fused-ring (bicyclic) bond motifs is 1. The largest absolute Gasteiger partial charge is 0.417 e. The van der Waals surface area contributed by atoms with E-state index in [-0.39, 0.29) is 22.8 Å². The number of sulfonamides is 1. The highest BCUT2D eigenvalue weighted by atomic mass is 32.2. The van der Waals surface area contributed by atoms with E-state index in [9.17, 15) is 26.0 Å². The second kappa shape index (κ2) is 8.68. The van der Waals surface area contributed by atoms with Crippen molar-refractivity contribution >= 4 is 20.9 Å². The Kier molecular flexibility index (Phi) is 6.31. The van der Waals surface area contributed by atoms with Gasteiger partial charge in [0.1, 0.15) is 5.82 Å². The van der Waals surface area contributed by atoms with Crippen LogP contribution in [0.2, 0.25) is 0 Å². The maximum absolute atomic E-state index is 13.6. The molecule has 0 unspecified atom stereocenters. The molecule has 184 valence electrons. The van der Waals surface area contributed by atoms with E-state index in [0.29, 0.717) is 37.4 Å². The van der Waals surface area contributed by atoms with Crippen molar-refractivity contribution in [1.82, 2.24) is 9.29 Å². The maximum Gasteiger partial charge on any atom is 0.417 e. The molecular weight excluding hydrogens is 468 g/mol. The van der Waals surface area contributed by atoms with Gasteiger partial charge in [-0.05, 0) is 59.6 Å². The highest BCUT2D eigenvalue weighted by Crippen LogP contribution is 2.39. The number of nitrogens with one attached hydrogen (secondary N) is 1. The van der Waals surface area contributed by atoms with Crippen molar-refractivity contribution in [3.05, 3.63) is 59.5 Å². The summed E-state index contributed by atoms with van der Waals surface area (Å²) in [7, 11) is -3.29. The van der Waals surface area contributed by atoms with Gasteiger partial charge in [0, 0.05) is 30.2 Å². The highest BCUT2D eigenvalue weighted by molar-refractivity contribution is 7.90. The molecule has 4 rings (SSSR count). The van der Waals surface area contributed by atoms with Crippen molar-refractivity contribution in [2.24, 2.45) is 5.41 Å². The fourth-order valence-corrected chi connectivity index (χ4v) is 5.58. The minimum absolute atomic E-state index is 0.0851. The average Bonchev–Trinajstić information content (AvgIpc) is 3.52. The van der Waals surface area contributed by atoms with E-state index in [1.807, 2.05) is 10.8 Å². The summed E-state index contributed by atoms with van der Waals surface area (Å²) in [5.41, 5.74) is 0.812. The topological polar surface area (TPSA) is 51.1 Å². The van der Waals surface area contributed by atoms with Gasteiger partial charge in [0.05, 0.1) is 10.8 Å². The minimum Gasteiger partial charge on any atom is -0.347 e. The number of aromatic nitrogens is 1. The Labute approximate surface area is 197 Å². The summed E-state index contributed by atoms with van der Waals surface area (Å²) < 4.78 is 83.4. The lowest BCUT2D eigenvalue weighted by Crippen LogP contribution is -2.29. The molecule has 0 spiro atoms. The van der Waals surface area contributed by atoms with Crippen LogP contribution in [0.15, 0.2) is 42.6 Å². The van der Waals surface area contributed by atoms with Gasteiger partial charge in [-0.2, -0.15) is 13.2 Å². The molecule has 1 N–H and O–H groups in total. The van der Waals surface area contributed by atoms with Crippen LogP contribution in [0.1, 0.15) is 44.7 Å². The van der Waals surface area contributed by atoms with E-state index in [2.05, 4.69) is 25.5 Å². The van der Waals surface area contributed by atoms with Gasteiger partial charge >= 0.3 is 6.18 Å². The van der Waals surface area contributed by atoms with Crippen molar-refractivity contribution in [2.45, 2.75) is 58.0 Å². The molecular formula is C25H28F4N2O2S. The number of hydrogen-bond donors (Lipinski definition) is 1. The van der Waals surface area contributed by atoms with E-state index >= 15 is 0 Å². The third-order valence-electron chi connectivity index (χ3n) is 5.87. The predicted octanol–water partition coefficient (Wildman–Crippen LogP) is 6.14. The molecule has 1 fully saturated rings. The van der Waals surface area contributed by atoms with E-state index in [4.69, 9.17) is 0 Å². The Bertz CT molecular complexity index is 1320. The Morgan fingerprint density at radius 2 is 1.76 bits per heavy atom. The van der Waals surface area contributed by atoms with Gasteiger partial charge in [-0.25, -0.2) is 17.5 Å². The van der Waals surface area contributed by atoms with Crippen molar-refractivity contribution in [2.75, 3.05) is 6.54 Å². The first-order valence-corrected chi connectivity index (χ1v) is 12.8. The maximum atomic E-state index is 13.6. The van der Waals surface area contributed by atoms with Gasteiger partial charge in [0.25, 0.3) is 0 Å². The van der Waals surface area contributed by atoms with Crippen LogP contribution >= 0.6 is 0 Å². The summed E-state index contributed by atoms with van der Waals surface area (Å²) in [6, 6.07) is 7.76. The quantitative estimate of drug-likeness (QED) is 0.400. The lowest BCUT2D eigenvalue weighted by molar-refractivity contribution is -0.137. The second-order valence-corrected chi connectivity index (χ2v) is 12.2. The molecule has 3 aromatic rings. The molecule has 1 saturated carbocycles. The first kappa shape index (κ1) is 24.7. The second-order valence-electron chi connectivity index (χ2n) is 10.2. The number of nitrogens with zero attached hydrogens (tertiary/aromatic N) is 1. The first-order valence-electron chi connectivity index (χ1n) is 11.2. The molecule has 0 aliphatic heterocycles. The molecule has 1 heterocycles. The summed E-state index contributed by atoms with van der Waals surface area (Å²) in [6.07, 6.45) is -0.911. The molecule has 1 aromatic heterocycles. The first-order chi connectivity index (χ1) is 15.7. The van der Waals surface area contributed by atoms with E-state index in [1.54, 1.807) is 18.2 Å². The van der Waals surface area contributed by atoms with Gasteiger partial charge in [-0.1, -0.05) is 39.0 Å². The summed E-state index contributed by atoms with van der Waals surface area (Å²) in [6.45, 7) is 7.07.